The Labute approximate surface area is 163 Å². The summed E-state index contributed by atoms with van der Waals surface area (Å²) < 4.78 is 28.1. The van der Waals surface area contributed by atoms with E-state index in [2.05, 4.69) is 22.5 Å². The van der Waals surface area contributed by atoms with Gasteiger partial charge in [0.15, 0.2) is 0 Å². The number of carbonyl (C=O) groups excluding carboxylic acids is 1. The minimum absolute atomic E-state index is 0.282. The minimum Gasteiger partial charge on any atom is -0.369 e. The van der Waals surface area contributed by atoms with Gasteiger partial charge < -0.3 is 15.5 Å². The van der Waals surface area contributed by atoms with Crippen molar-refractivity contribution in [3.05, 3.63) is 59.8 Å². The summed E-state index contributed by atoms with van der Waals surface area (Å²) in [7, 11) is 0. The smallest absolute Gasteiger partial charge is 0.257 e. The van der Waals surface area contributed by atoms with Crippen LogP contribution in [0.3, 0.4) is 0 Å². The number of benzene rings is 2. The first kappa shape index (κ1) is 18.5. The fourth-order valence-corrected chi connectivity index (χ4v) is 3.51. The Bertz CT molecular complexity index is 937. The molecule has 1 aliphatic heterocycles. The third kappa shape index (κ3) is 3.86. The molecule has 0 spiro atoms. The van der Waals surface area contributed by atoms with Gasteiger partial charge in [-0.15, -0.1) is 0 Å². The van der Waals surface area contributed by atoms with Crippen LogP contribution in [0.15, 0.2) is 42.6 Å². The van der Waals surface area contributed by atoms with E-state index >= 15 is 0 Å². The number of rotatable bonds is 7. The van der Waals surface area contributed by atoms with Crippen LogP contribution in [-0.2, 0) is 4.79 Å². The van der Waals surface area contributed by atoms with Crippen LogP contribution in [0.1, 0.15) is 31.7 Å². The van der Waals surface area contributed by atoms with Crippen molar-refractivity contribution in [2.75, 3.05) is 28.6 Å². The number of nitrogens with one attached hydrogen (secondary N) is 2. The molecule has 1 saturated carbocycles. The molecule has 1 amide bonds. The minimum atomic E-state index is -0.409. The summed E-state index contributed by atoms with van der Waals surface area (Å²) >= 11 is 0. The Balaban J connectivity index is 1.52. The second-order valence-electron chi connectivity index (χ2n) is 7.40. The largest absolute Gasteiger partial charge is 0.369 e. The van der Waals surface area contributed by atoms with Crippen molar-refractivity contribution in [1.29, 1.82) is 0 Å². The maximum atomic E-state index is 14.7. The van der Waals surface area contributed by atoms with Crippen molar-refractivity contribution in [3.63, 3.8) is 0 Å². The van der Waals surface area contributed by atoms with Crippen molar-refractivity contribution < 1.29 is 13.6 Å². The van der Waals surface area contributed by atoms with Gasteiger partial charge in [0.05, 0.1) is 16.9 Å². The second kappa shape index (κ2) is 7.62. The summed E-state index contributed by atoms with van der Waals surface area (Å²) in [5.41, 5.74) is 2.62. The lowest BCUT2D eigenvalue weighted by Gasteiger charge is -2.25. The van der Waals surface area contributed by atoms with Gasteiger partial charge in [-0.2, -0.15) is 0 Å². The zero-order valence-electron chi connectivity index (χ0n) is 15.8. The molecule has 0 radical (unpaired) electrons. The highest BCUT2D eigenvalue weighted by atomic mass is 19.1. The summed E-state index contributed by atoms with van der Waals surface area (Å²) in [6.45, 7) is 3.82. The van der Waals surface area contributed by atoms with Gasteiger partial charge in [-0.3, -0.25) is 4.79 Å². The van der Waals surface area contributed by atoms with Crippen molar-refractivity contribution >= 4 is 28.5 Å². The quantitative estimate of drug-likeness (QED) is 0.662. The maximum Gasteiger partial charge on any atom is 0.257 e. The number of fused-ring (bicyclic) bond motifs is 1. The Hall–Kier alpha value is -2.89. The highest BCUT2D eigenvalue weighted by Gasteiger charge is 2.26. The van der Waals surface area contributed by atoms with Crippen LogP contribution in [0.25, 0.3) is 5.57 Å². The summed E-state index contributed by atoms with van der Waals surface area (Å²) in [6.07, 6.45) is 4.94. The highest BCUT2D eigenvalue weighted by molar-refractivity contribution is 6.31. The van der Waals surface area contributed by atoms with Gasteiger partial charge >= 0.3 is 0 Å². The molecule has 2 aromatic carbocycles. The first-order valence-electron chi connectivity index (χ1n) is 9.67. The molecule has 4 rings (SSSR count). The number of carbonyl (C=O) groups is 1. The molecule has 0 bridgehead atoms. The molecule has 0 saturated heterocycles. The molecule has 0 unspecified atom stereocenters. The van der Waals surface area contributed by atoms with Gasteiger partial charge in [0.25, 0.3) is 5.91 Å². The predicted molar refractivity (Wildman–Crippen MR) is 108 cm³/mol. The predicted octanol–water partition coefficient (Wildman–Crippen LogP) is 5.00. The van der Waals surface area contributed by atoms with Gasteiger partial charge in [0, 0.05) is 30.5 Å². The molecule has 4 nitrogen and oxygen atoms in total. The number of anilines is 3. The van der Waals surface area contributed by atoms with Crippen molar-refractivity contribution in [3.8, 4) is 0 Å². The third-order valence-electron chi connectivity index (χ3n) is 5.11. The van der Waals surface area contributed by atoms with E-state index in [4.69, 9.17) is 0 Å². The molecule has 2 N–H and O–H groups in total. The number of nitrogens with zero attached hydrogens (tertiary/aromatic N) is 1. The number of hydrogen-bond acceptors (Lipinski definition) is 3. The maximum absolute atomic E-state index is 14.7. The fourth-order valence-electron chi connectivity index (χ4n) is 3.51. The fraction of sp³-hybridized carbons (Fsp3) is 0.318. The molecular formula is C22H23F2N3O. The number of halogens is 2. The molecular weight excluding hydrogens is 360 g/mol. The summed E-state index contributed by atoms with van der Waals surface area (Å²) in [5.74, 6) is -0.326. The molecule has 28 heavy (non-hydrogen) atoms. The van der Waals surface area contributed by atoms with E-state index in [1.54, 1.807) is 12.1 Å². The van der Waals surface area contributed by atoms with E-state index in [1.807, 2.05) is 6.07 Å². The van der Waals surface area contributed by atoms with E-state index in [0.29, 0.717) is 34.1 Å². The number of hydrogen-bond donors (Lipinski definition) is 2. The van der Waals surface area contributed by atoms with Crippen LogP contribution in [0.5, 0.6) is 0 Å². The second-order valence-corrected chi connectivity index (χ2v) is 7.40. The summed E-state index contributed by atoms with van der Waals surface area (Å²) in [4.78, 5) is 14.2. The SMILES string of the molecule is CCCN(CC1CC1)c1ccc(NC=C2C(=O)Nc3cc(F)ccc32)cc1F. The topological polar surface area (TPSA) is 44.4 Å². The highest BCUT2D eigenvalue weighted by Crippen LogP contribution is 2.34. The zero-order valence-corrected chi connectivity index (χ0v) is 15.8. The molecule has 1 aliphatic carbocycles. The number of amides is 1. The van der Waals surface area contributed by atoms with Gasteiger partial charge in [0.1, 0.15) is 11.6 Å². The Morgan fingerprint density at radius 2 is 2.04 bits per heavy atom. The molecule has 2 aromatic rings. The summed E-state index contributed by atoms with van der Waals surface area (Å²) in [6, 6.07) is 9.19. The first-order valence-corrected chi connectivity index (χ1v) is 9.67. The van der Waals surface area contributed by atoms with Crippen molar-refractivity contribution in [2.45, 2.75) is 26.2 Å². The van der Waals surface area contributed by atoms with Gasteiger partial charge in [-0.05, 0) is 61.6 Å². The van der Waals surface area contributed by atoms with Gasteiger partial charge in [0.2, 0.25) is 0 Å². The first-order chi connectivity index (χ1) is 13.5. The van der Waals surface area contributed by atoms with Crippen LogP contribution >= 0.6 is 0 Å². The van der Waals surface area contributed by atoms with Crippen LogP contribution in [0.2, 0.25) is 0 Å². The van der Waals surface area contributed by atoms with Crippen LogP contribution in [0, 0.1) is 17.6 Å². The average Bonchev–Trinajstić information content (AvgIpc) is 3.42. The summed E-state index contributed by atoms with van der Waals surface area (Å²) in [5, 5.41) is 5.62. The molecule has 2 aliphatic rings. The molecule has 6 heteroatoms. The lowest BCUT2D eigenvalue weighted by atomic mass is 10.1. The Morgan fingerprint density at radius 3 is 2.75 bits per heavy atom. The molecule has 1 fully saturated rings. The Kier molecular flexibility index (Phi) is 5.03. The molecule has 0 aromatic heterocycles. The third-order valence-corrected chi connectivity index (χ3v) is 5.11. The van der Waals surface area contributed by atoms with E-state index in [0.717, 1.165) is 19.5 Å². The zero-order chi connectivity index (χ0) is 19.7. The monoisotopic (exact) mass is 383 g/mol. The lowest BCUT2D eigenvalue weighted by molar-refractivity contribution is -0.110. The molecule has 1 heterocycles. The van der Waals surface area contributed by atoms with Crippen LogP contribution in [-0.4, -0.2) is 19.0 Å². The van der Waals surface area contributed by atoms with E-state index in [-0.39, 0.29) is 11.7 Å². The van der Waals surface area contributed by atoms with Crippen molar-refractivity contribution in [1.82, 2.24) is 0 Å². The van der Waals surface area contributed by atoms with E-state index in [9.17, 15) is 13.6 Å². The normalized spacial score (nSPS) is 16.8. The lowest BCUT2D eigenvalue weighted by Crippen LogP contribution is -2.27. The Morgan fingerprint density at radius 1 is 1.21 bits per heavy atom. The molecule has 0 atom stereocenters. The van der Waals surface area contributed by atoms with Crippen LogP contribution < -0.4 is 15.5 Å². The molecule has 146 valence electrons. The van der Waals surface area contributed by atoms with E-state index in [1.165, 1.54) is 37.2 Å². The van der Waals surface area contributed by atoms with Gasteiger partial charge in [-0.1, -0.05) is 6.92 Å². The standard InChI is InChI=1S/C22H23F2N3O/c1-2-9-27(13-14-3-4-14)21-8-6-16(11-19(21)24)25-12-18-17-7-5-15(23)10-20(17)26-22(18)28/h5-8,10-12,14,25H,2-4,9,13H2,1H3,(H,26,28). The van der Waals surface area contributed by atoms with Crippen molar-refractivity contribution in [2.24, 2.45) is 5.92 Å². The van der Waals surface area contributed by atoms with Crippen LogP contribution in [0.4, 0.5) is 25.8 Å². The van der Waals surface area contributed by atoms with E-state index < -0.39 is 5.82 Å². The average molecular weight is 383 g/mol. The van der Waals surface area contributed by atoms with Gasteiger partial charge in [-0.25, -0.2) is 8.78 Å².